The van der Waals surface area contributed by atoms with Gasteiger partial charge in [0.05, 0.1) is 13.2 Å². The second kappa shape index (κ2) is 7.67. The molecule has 0 N–H and O–H groups in total. The lowest BCUT2D eigenvalue weighted by Gasteiger charge is -2.18. The molecular formula is C10H17NO5. The van der Waals surface area contributed by atoms with Gasteiger partial charge in [0.25, 0.3) is 0 Å². The van der Waals surface area contributed by atoms with Crippen molar-refractivity contribution in [3.8, 4) is 0 Å². The lowest BCUT2D eigenvalue weighted by Crippen LogP contribution is -2.41. The van der Waals surface area contributed by atoms with Gasteiger partial charge in [-0.2, -0.15) is 0 Å². The topological polar surface area (TPSA) is 72.9 Å². The van der Waals surface area contributed by atoms with Crippen molar-refractivity contribution in [3.05, 3.63) is 0 Å². The van der Waals surface area contributed by atoms with Crippen LogP contribution in [0.2, 0.25) is 0 Å². The van der Waals surface area contributed by atoms with E-state index in [2.05, 4.69) is 9.47 Å². The van der Waals surface area contributed by atoms with Crippen LogP contribution in [0.4, 0.5) is 4.79 Å². The molecule has 0 spiro atoms. The Kier molecular flexibility index (Phi) is 6.91. The van der Waals surface area contributed by atoms with Crippen LogP contribution >= 0.6 is 0 Å². The first-order valence-electron chi connectivity index (χ1n) is 5.19. The first-order valence-corrected chi connectivity index (χ1v) is 5.19. The smallest absolute Gasteiger partial charge is 0.417 e. The fraction of sp³-hybridized carbons (Fsp3) is 0.700. The van der Waals surface area contributed by atoms with Gasteiger partial charge in [0.15, 0.2) is 0 Å². The molecule has 0 rings (SSSR count). The Labute approximate surface area is 94.5 Å². The first-order chi connectivity index (χ1) is 7.56. The summed E-state index contributed by atoms with van der Waals surface area (Å²) in [5, 5.41) is 0. The van der Waals surface area contributed by atoms with E-state index in [1.807, 2.05) is 0 Å². The van der Waals surface area contributed by atoms with Crippen LogP contribution in [-0.2, 0) is 19.1 Å². The van der Waals surface area contributed by atoms with Gasteiger partial charge in [0, 0.05) is 6.42 Å². The van der Waals surface area contributed by atoms with Crippen LogP contribution < -0.4 is 0 Å². The molecule has 0 aromatic rings. The third-order valence-corrected chi connectivity index (χ3v) is 1.68. The molecule has 0 aliphatic heterocycles. The van der Waals surface area contributed by atoms with Crippen molar-refractivity contribution in [2.75, 3.05) is 19.8 Å². The van der Waals surface area contributed by atoms with Crippen molar-refractivity contribution in [3.63, 3.8) is 0 Å². The largest absolute Gasteiger partial charge is 0.465 e. The van der Waals surface area contributed by atoms with E-state index in [0.29, 0.717) is 0 Å². The van der Waals surface area contributed by atoms with Crippen molar-refractivity contribution in [1.82, 2.24) is 4.90 Å². The highest BCUT2D eigenvalue weighted by Crippen LogP contribution is 1.99. The molecule has 0 radical (unpaired) electrons. The first kappa shape index (κ1) is 14.4. The Hall–Kier alpha value is -1.59. The number of amides is 2. The molecule has 0 heterocycles. The summed E-state index contributed by atoms with van der Waals surface area (Å²) in [6, 6.07) is 0. The van der Waals surface area contributed by atoms with Gasteiger partial charge in [0.1, 0.15) is 6.54 Å². The summed E-state index contributed by atoms with van der Waals surface area (Å²) in [6.45, 7) is 4.81. The van der Waals surface area contributed by atoms with Gasteiger partial charge < -0.3 is 9.47 Å². The minimum Gasteiger partial charge on any atom is -0.465 e. The highest BCUT2D eigenvalue weighted by Gasteiger charge is 2.24. The lowest BCUT2D eigenvalue weighted by atomic mass is 10.4. The van der Waals surface area contributed by atoms with Crippen LogP contribution in [0.1, 0.15) is 27.2 Å². The predicted molar refractivity (Wildman–Crippen MR) is 55.7 cm³/mol. The van der Waals surface area contributed by atoms with Gasteiger partial charge in [-0.05, 0) is 13.8 Å². The molecule has 6 nitrogen and oxygen atoms in total. The average molecular weight is 231 g/mol. The molecule has 0 saturated carbocycles. The summed E-state index contributed by atoms with van der Waals surface area (Å²) in [5.74, 6) is -1.09. The molecule has 0 unspecified atom stereocenters. The highest BCUT2D eigenvalue weighted by atomic mass is 16.6. The van der Waals surface area contributed by atoms with E-state index in [1.165, 1.54) is 0 Å². The molecular weight excluding hydrogens is 214 g/mol. The summed E-state index contributed by atoms with van der Waals surface area (Å²) in [5.41, 5.74) is 0. The molecule has 0 fully saturated rings. The van der Waals surface area contributed by atoms with E-state index in [-0.39, 0.29) is 19.6 Å². The maximum atomic E-state index is 11.4. The van der Waals surface area contributed by atoms with Gasteiger partial charge in [0.2, 0.25) is 5.91 Å². The SMILES string of the molecule is CCOC(=O)CN(C(=O)CC)C(=O)OCC. The number of carbonyl (C=O) groups is 3. The minimum atomic E-state index is -0.817. The fourth-order valence-corrected chi connectivity index (χ4v) is 0.983. The zero-order valence-electron chi connectivity index (χ0n) is 9.82. The van der Waals surface area contributed by atoms with Crippen molar-refractivity contribution in [2.45, 2.75) is 27.2 Å². The van der Waals surface area contributed by atoms with Crippen LogP contribution in [-0.4, -0.2) is 42.6 Å². The number of carbonyl (C=O) groups excluding carboxylic acids is 3. The summed E-state index contributed by atoms with van der Waals surface area (Å²) in [4.78, 5) is 34.7. The van der Waals surface area contributed by atoms with E-state index in [4.69, 9.17) is 0 Å². The van der Waals surface area contributed by atoms with E-state index >= 15 is 0 Å². The Morgan fingerprint density at radius 1 is 1.00 bits per heavy atom. The maximum absolute atomic E-state index is 11.4. The van der Waals surface area contributed by atoms with E-state index < -0.39 is 24.5 Å². The van der Waals surface area contributed by atoms with Gasteiger partial charge in [-0.3, -0.25) is 9.59 Å². The Morgan fingerprint density at radius 2 is 1.56 bits per heavy atom. The minimum absolute atomic E-state index is 0.123. The van der Waals surface area contributed by atoms with Crippen LogP contribution in [0.15, 0.2) is 0 Å². The monoisotopic (exact) mass is 231 g/mol. The summed E-state index contributed by atoms with van der Waals surface area (Å²) >= 11 is 0. The number of hydrogen-bond donors (Lipinski definition) is 0. The van der Waals surface area contributed by atoms with Crippen LogP contribution in [0, 0.1) is 0 Å². The summed E-state index contributed by atoms with van der Waals surface area (Å²) in [6.07, 6.45) is -0.694. The molecule has 0 aromatic carbocycles. The van der Waals surface area contributed by atoms with Crippen molar-refractivity contribution < 1.29 is 23.9 Å². The van der Waals surface area contributed by atoms with Gasteiger partial charge in [-0.1, -0.05) is 6.92 Å². The van der Waals surface area contributed by atoms with Crippen molar-refractivity contribution in [1.29, 1.82) is 0 Å². The molecule has 92 valence electrons. The molecule has 0 aliphatic carbocycles. The number of esters is 1. The van der Waals surface area contributed by atoms with E-state index in [1.54, 1.807) is 20.8 Å². The Morgan fingerprint density at radius 3 is 2.00 bits per heavy atom. The van der Waals surface area contributed by atoms with Crippen molar-refractivity contribution in [2.24, 2.45) is 0 Å². The van der Waals surface area contributed by atoms with Crippen molar-refractivity contribution >= 4 is 18.0 Å². The highest BCUT2D eigenvalue weighted by molar-refractivity contribution is 5.95. The molecule has 6 heteroatoms. The second-order valence-electron chi connectivity index (χ2n) is 2.84. The number of hydrogen-bond acceptors (Lipinski definition) is 5. The normalized spacial score (nSPS) is 9.44. The number of ether oxygens (including phenoxy) is 2. The standard InChI is InChI=1S/C10H17NO5/c1-4-8(12)11(10(14)16-6-3)7-9(13)15-5-2/h4-7H2,1-3H3. The summed E-state index contributed by atoms with van der Waals surface area (Å²) in [7, 11) is 0. The zero-order chi connectivity index (χ0) is 12.6. The predicted octanol–water partition coefficient (Wildman–Crippen LogP) is 0.945. The number of rotatable bonds is 5. The quantitative estimate of drug-likeness (QED) is 0.658. The Balaban J connectivity index is 4.49. The van der Waals surface area contributed by atoms with Gasteiger partial charge in [-0.25, -0.2) is 9.69 Å². The molecule has 0 aromatic heterocycles. The fourth-order valence-electron chi connectivity index (χ4n) is 0.983. The van der Waals surface area contributed by atoms with Gasteiger partial charge >= 0.3 is 12.1 Å². The number of imide groups is 1. The van der Waals surface area contributed by atoms with Crippen LogP contribution in [0.3, 0.4) is 0 Å². The molecule has 16 heavy (non-hydrogen) atoms. The van der Waals surface area contributed by atoms with E-state index in [9.17, 15) is 14.4 Å². The zero-order valence-corrected chi connectivity index (χ0v) is 9.82. The average Bonchev–Trinajstić information content (AvgIpc) is 2.25. The summed E-state index contributed by atoms with van der Waals surface area (Å²) < 4.78 is 9.32. The third kappa shape index (κ3) is 4.77. The molecule has 0 saturated heterocycles. The third-order valence-electron chi connectivity index (χ3n) is 1.68. The molecule has 2 amide bonds. The Bertz CT molecular complexity index is 264. The number of nitrogens with zero attached hydrogens (tertiary/aromatic N) is 1. The molecule has 0 aliphatic rings. The molecule has 0 atom stereocenters. The lowest BCUT2D eigenvalue weighted by molar-refractivity contribution is -0.147. The van der Waals surface area contributed by atoms with Gasteiger partial charge in [-0.15, -0.1) is 0 Å². The maximum Gasteiger partial charge on any atom is 0.417 e. The second-order valence-corrected chi connectivity index (χ2v) is 2.84. The van der Waals surface area contributed by atoms with Crippen LogP contribution in [0.25, 0.3) is 0 Å². The molecule has 0 bridgehead atoms. The van der Waals surface area contributed by atoms with Crippen LogP contribution in [0.5, 0.6) is 0 Å². The van der Waals surface area contributed by atoms with E-state index in [0.717, 1.165) is 4.90 Å².